The predicted octanol–water partition coefficient (Wildman–Crippen LogP) is 6.00. The predicted molar refractivity (Wildman–Crippen MR) is 166 cm³/mol. The number of amides is 2. The van der Waals surface area contributed by atoms with Crippen LogP contribution in [0.15, 0.2) is 61.7 Å². The zero-order valence-corrected chi connectivity index (χ0v) is 26.0. The third-order valence-corrected chi connectivity index (χ3v) is 7.34. The summed E-state index contributed by atoms with van der Waals surface area (Å²) in [4.78, 5) is 26.8. The van der Waals surface area contributed by atoms with Crippen LogP contribution in [0.4, 0.5) is 13.2 Å². The molecule has 5 rings (SSSR count). The smallest absolute Gasteiger partial charge is 0.349 e. The Morgan fingerprint density at radius 3 is 2.18 bits per heavy atom. The second-order valence-corrected chi connectivity index (χ2v) is 9.84. The Bertz CT molecular complexity index is 1270. The summed E-state index contributed by atoms with van der Waals surface area (Å²) >= 11 is 0. The van der Waals surface area contributed by atoms with Crippen LogP contribution in [0.25, 0.3) is 11.4 Å². The fraction of sp³-hybridized carbons (Fsp3) is 0.469. The Morgan fingerprint density at radius 2 is 1.61 bits per heavy atom. The molecule has 2 amide bonds. The number of carbonyl (C=O) groups is 2. The zero-order valence-electron chi connectivity index (χ0n) is 26.0. The fourth-order valence-corrected chi connectivity index (χ4v) is 5.24. The van der Waals surface area contributed by atoms with Crippen molar-refractivity contribution >= 4 is 11.8 Å². The number of hydrogen-bond donors (Lipinski definition) is 3. The van der Waals surface area contributed by atoms with Crippen molar-refractivity contribution in [3.63, 3.8) is 0 Å². The summed E-state index contributed by atoms with van der Waals surface area (Å²) in [5.74, 6) is 0.0196. The molecular formula is C32H44F3N7O2. The lowest BCUT2D eigenvalue weighted by Crippen LogP contribution is -2.63. The SMILES string of the molecule is C=C.CC.CC.O=C(CNC(=O)c1cccc(C(F)(F)F)c1)NC1CN(C2CCC(c3ccc(-c4nn[nH]n4)cc3)CC2)C1. The van der Waals surface area contributed by atoms with Crippen molar-refractivity contribution in [3.05, 3.63) is 78.4 Å². The number of likely N-dealkylation sites (tertiary alicyclic amines) is 1. The molecule has 1 aromatic heterocycles. The van der Waals surface area contributed by atoms with Gasteiger partial charge in [0, 0.05) is 30.3 Å². The second kappa shape index (κ2) is 17.9. The molecule has 1 saturated carbocycles. The van der Waals surface area contributed by atoms with E-state index in [1.807, 2.05) is 39.8 Å². The number of halogens is 3. The maximum atomic E-state index is 12.8. The summed E-state index contributed by atoms with van der Waals surface area (Å²) in [5, 5.41) is 19.4. The van der Waals surface area contributed by atoms with E-state index in [4.69, 9.17) is 0 Å². The minimum atomic E-state index is -4.54. The number of H-pyrrole nitrogens is 1. The molecule has 0 radical (unpaired) electrons. The van der Waals surface area contributed by atoms with E-state index >= 15 is 0 Å². The molecule has 1 aliphatic carbocycles. The molecule has 240 valence electrons. The fourth-order valence-electron chi connectivity index (χ4n) is 5.24. The largest absolute Gasteiger partial charge is 0.416 e. The lowest BCUT2D eigenvalue weighted by Gasteiger charge is -2.46. The molecule has 1 aliphatic heterocycles. The van der Waals surface area contributed by atoms with Gasteiger partial charge >= 0.3 is 6.18 Å². The van der Waals surface area contributed by atoms with Crippen molar-refractivity contribution in [1.82, 2.24) is 36.2 Å². The Hall–Kier alpha value is -4.06. The van der Waals surface area contributed by atoms with Gasteiger partial charge in [-0.05, 0) is 60.6 Å². The molecule has 0 bridgehead atoms. The van der Waals surface area contributed by atoms with Gasteiger partial charge in [0.2, 0.25) is 11.7 Å². The first-order valence-corrected chi connectivity index (χ1v) is 15.1. The van der Waals surface area contributed by atoms with Crippen LogP contribution in [0.5, 0.6) is 0 Å². The highest BCUT2D eigenvalue weighted by molar-refractivity contribution is 5.96. The van der Waals surface area contributed by atoms with Crippen LogP contribution in [0, 0.1) is 0 Å². The van der Waals surface area contributed by atoms with Gasteiger partial charge < -0.3 is 10.6 Å². The van der Waals surface area contributed by atoms with Crippen LogP contribution in [-0.2, 0) is 11.0 Å². The average molecular weight is 616 g/mol. The number of rotatable bonds is 7. The average Bonchev–Trinajstić information content (AvgIpc) is 3.60. The molecule has 0 spiro atoms. The quantitative estimate of drug-likeness (QED) is 0.281. The molecule has 3 aromatic rings. The third-order valence-electron chi connectivity index (χ3n) is 7.34. The molecule has 2 heterocycles. The van der Waals surface area contributed by atoms with E-state index in [0.717, 1.165) is 56.5 Å². The van der Waals surface area contributed by atoms with Crippen molar-refractivity contribution in [2.45, 2.75) is 77.6 Å². The number of aromatic nitrogens is 4. The summed E-state index contributed by atoms with van der Waals surface area (Å²) in [6.45, 7) is 15.2. The number of nitrogens with one attached hydrogen (secondary N) is 3. The van der Waals surface area contributed by atoms with E-state index in [1.54, 1.807) is 0 Å². The first-order valence-electron chi connectivity index (χ1n) is 15.1. The van der Waals surface area contributed by atoms with E-state index < -0.39 is 17.6 Å². The topological polar surface area (TPSA) is 116 Å². The van der Waals surface area contributed by atoms with E-state index in [1.165, 1.54) is 17.7 Å². The molecule has 1 saturated heterocycles. The standard InChI is InChI=1S/C26H28F3N7O2.2C2H6.C2H4/c27-26(28,29)20-3-1-2-19(12-20)25(38)30-13-23(37)31-21-14-36(15-21)22-10-8-17(9-11-22)16-4-6-18(7-5-16)24-32-34-35-33-24;3*1-2/h1-7,12,17,21-22H,8-11,13-15H2,(H,30,38)(H,31,37)(H,32,33,34,35);2*1-2H3;1-2H2. The number of nitrogens with zero attached hydrogens (tertiary/aromatic N) is 4. The summed E-state index contributed by atoms with van der Waals surface area (Å²) in [6.07, 6.45) is -0.163. The molecular weight excluding hydrogens is 571 g/mol. The second-order valence-electron chi connectivity index (χ2n) is 9.84. The van der Waals surface area contributed by atoms with Crippen LogP contribution >= 0.6 is 0 Å². The van der Waals surface area contributed by atoms with Gasteiger partial charge in [0.25, 0.3) is 5.91 Å². The first-order chi connectivity index (χ1) is 21.3. The van der Waals surface area contributed by atoms with Crippen LogP contribution < -0.4 is 10.6 Å². The highest BCUT2D eigenvalue weighted by atomic mass is 19.4. The number of tetrazole rings is 1. The van der Waals surface area contributed by atoms with Gasteiger partial charge in [0.05, 0.1) is 18.2 Å². The molecule has 2 fully saturated rings. The molecule has 0 unspecified atom stereocenters. The minimum absolute atomic E-state index is 0.00312. The van der Waals surface area contributed by atoms with Crippen molar-refractivity contribution in [1.29, 1.82) is 0 Å². The van der Waals surface area contributed by atoms with Crippen molar-refractivity contribution < 1.29 is 22.8 Å². The van der Waals surface area contributed by atoms with Crippen molar-refractivity contribution in [2.24, 2.45) is 0 Å². The molecule has 2 aliphatic rings. The number of alkyl halides is 3. The van der Waals surface area contributed by atoms with Crippen molar-refractivity contribution in [2.75, 3.05) is 19.6 Å². The van der Waals surface area contributed by atoms with E-state index in [-0.39, 0.29) is 24.1 Å². The molecule has 3 N–H and O–H groups in total. The van der Waals surface area contributed by atoms with E-state index in [9.17, 15) is 22.8 Å². The maximum absolute atomic E-state index is 12.8. The molecule has 0 atom stereocenters. The van der Waals surface area contributed by atoms with Gasteiger partial charge in [-0.1, -0.05) is 58.0 Å². The number of carbonyl (C=O) groups excluding carboxylic acids is 2. The van der Waals surface area contributed by atoms with Gasteiger partial charge in [-0.15, -0.1) is 23.4 Å². The summed E-state index contributed by atoms with van der Waals surface area (Å²) in [7, 11) is 0. The third kappa shape index (κ3) is 10.0. The number of hydrogen-bond acceptors (Lipinski definition) is 6. The highest BCUT2D eigenvalue weighted by Gasteiger charge is 2.35. The maximum Gasteiger partial charge on any atom is 0.416 e. The molecule has 9 nitrogen and oxygen atoms in total. The summed E-state index contributed by atoms with van der Waals surface area (Å²) in [5.41, 5.74) is 1.20. The highest BCUT2D eigenvalue weighted by Crippen LogP contribution is 2.36. The Kier molecular flexibility index (Phi) is 14.7. The molecule has 44 heavy (non-hydrogen) atoms. The first kappa shape index (κ1) is 36.1. The van der Waals surface area contributed by atoms with Crippen LogP contribution in [-0.4, -0.2) is 69.1 Å². The van der Waals surface area contributed by atoms with Crippen molar-refractivity contribution in [3.8, 4) is 11.4 Å². The molecule has 12 heteroatoms. The van der Waals surface area contributed by atoms with Crippen LogP contribution in [0.3, 0.4) is 0 Å². The zero-order chi connectivity index (χ0) is 32.7. The van der Waals surface area contributed by atoms with Gasteiger partial charge in [-0.2, -0.15) is 18.4 Å². The van der Waals surface area contributed by atoms with Crippen LogP contribution in [0.1, 0.15) is 80.8 Å². The van der Waals surface area contributed by atoms with E-state index in [0.29, 0.717) is 17.8 Å². The number of aromatic amines is 1. The van der Waals surface area contributed by atoms with Gasteiger partial charge in [0.1, 0.15) is 0 Å². The normalized spacial score (nSPS) is 18.1. The van der Waals surface area contributed by atoms with Crippen LogP contribution in [0.2, 0.25) is 0 Å². The van der Waals surface area contributed by atoms with Gasteiger partial charge in [0.15, 0.2) is 0 Å². The Morgan fingerprint density at radius 1 is 0.977 bits per heavy atom. The monoisotopic (exact) mass is 615 g/mol. The summed E-state index contributed by atoms with van der Waals surface area (Å²) in [6, 6.07) is 12.9. The summed E-state index contributed by atoms with van der Waals surface area (Å²) < 4.78 is 38.5. The Labute approximate surface area is 257 Å². The molecule has 2 aromatic carbocycles. The number of benzene rings is 2. The van der Waals surface area contributed by atoms with Gasteiger partial charge in [-0.25, -0.2) is 0 Å². The minimum Gasteiger partial charge on any atom is -0.349 e. The van der Waals surface area contributed by atoms with E-state index in [2.05, 4.69) is 61.4 Å². The van der Waals surface area contributed by atoms with Gasteiger partial charge in [-0.3, -0.25) is 14.5 Å². The Balaban J connectivity index is 0.00000106. The lowest BCUT2D eigenvalue weighted by molar-refractivity contribution is -0.137. The lowest BCUT2D eigenvalue weighted by atomic mass is 9.80.